The van der Waals surface area contributed by atoms with E-state index in [0.29, 0.717) is 16.5 Å². The number of rotatable bonds is 4. The van der Waals surface area contributed by atoms with Gasteiger partial charge >= 0.3 is 12.1 Å². The number of halogens is 4. The monoisotopic (exact) mass is 534 g/mol. The highest BCUT2D eigenvalue weighted by Crippen LogP contribution is 2.39. The van der Waals surface area contributed by atoms with E-state index in [0.717, 1.165) is 35.8 Å². The van der Waals surface area contributed by atoms with E-state index < -0.39 is 29.4 Å². The van der Waals surface area contributed by atoms with Gasteiger partial charge in [-0.3, -0.25) is 4.79 Å². The lowest BCUT2D eigenvalue weighted by atomic mass is 9.95. The lowest BCUT2D eigenvalue weighted by Crippen LogP contribution is -2.17. The molecule has 4 aromatic rings. The fourth-order valence-corrected chi connectivity index (χ4v) is 5.75. The third kappa shape index (κ3) is 4.22. The summed E-state index contributed by atoms with van der Waals surface area (Å²) in [5.74, 6) is -1.46. The van der Waals surface area contributed by atoms with Gasteiger partial charge in [-0.05, 0) is 37.3 Å². The molecule has 3 aromatic heterocycles. The fourth-order valence-electron chi connectivity index (χ4n) is 4.23. The number of benzene rings is 1. The number of hydrogen-bond donors (Lipinski definition) is 1. The van der Waals surface area contributed by atoms with Crippen LogP contribution in [0.2, 0.25) is 5.02 Å². The molecule has 0 spiro atoms. The zero-order valence-corrected chi connectivity index (χ0v) is 20.4. The summed E-state index contributed by atoms with van der Waals surface area (Å²) in [4.78, 5) is 30.9. The van der Waals surface area contributed by atoms with E-state index >= 15 is 0 Å². The summed E-state index contributed by atoms with van der Waals surface area (Å²) in [7, 11) is 1.24. The van der Waals surface area contributed by atoms with Crippen molar-refractivity contribution in [2.45, 2.75) is 31.9 Å². The number of anilines is 1. The first-order valence-corrected chi connectivity index (χ1v) is 12.1. The first-order valence-electron chi connectivity index (χ1n) is 10.9. The molecule has 0 unspecified atom stereocenters. The number of thiophene rings is 1. The predicted molar refractivity (Wildman–Crippen MR) is 129 cm³/mol. The minimum Gasteiger partial charge on any atom is -0.465 e. The van der Waals surface area contributed by atoms with Crippen molar-refractivity contribution in [1.82, 2.24) is 14.6 Å². The summed E-state index contributed by atoms with van der Waals surface area (Å²) in [6.45, 7) is 0. The molecule has 186 valence electrons. The molecule has 1 N–H and O–H groups in total. The molecule has 12 heteroatoms. The molecule has 1 aromatic carbocycles. The quantitative estimate of drug-likeness (QED) is 0.322. The zero-order chi connectivity index (χ0) is 25.6. The minimum absolute atomic E-state index is 0.0306. The van der Waals surface area contributed by atoms with Crippen LogP contribution in [-0.2, 0) is 23.8 Å². The lowest BCUT2D eigenvalue weighted by molar-refractivity contribution is -0.142. The van der Waals surface area contributed by atoms with Crippen LogP contribution in [0.3, 0.4) is 0 Å². The second kappa shape index (κ2) is 9.21. The molecular weight excluding hydrogens is 517 g/mol. The van der Waals surface area contributed by atoms with Crippen molar-refractivity contribution in [2.75, 3.05) is 12.4 Å². The number of carbonyl (C=O) groups is 2. The highest BCUT2D eigenvalue weighted by atomic mass is 35.5. The maximum atomic E-state index is 13.9. The lowest BCUT2D eigenvalue weighted by Gasteiger charge is -2.11. The molecule has 0 saturated heterocycles. The van der Waals surface area contributed by atoms with Gasteiger partial charge in [-0.25, -0.2) is 14.3 Å². The van der Waals surface area contributed by atoms with Gasteiger partial charge in [-0.15, -0.1) is 11.3 Å². The third-order valence-electron chi connectivity index (χ3n) is 5.90. The Balaban J connectivity index is 1.60. The Morgan fingerprint density at radius 2 is 1.89 bits per heavy atom. The first-order chi connectivity index (χ1) is 17.2. The van der Waals surface area contributed by atoms with Gasteiger partial charge < -0.3 is 10.1 Å². The Hall–Kier alpha value is -3.44. The molecule has 7 nitrogen and oxygen atoms in total. The van der Waals surface area contributed by atoms with Crippen LogP contribution in [0.1, 0.15) is 49.8 Å². The zero-order valence-electron chi connectivity index (χ0n) is 18.8. The molecule has 0 aliphatic heterocycles. The van der Waals surface area contributed by atoms with Gasteiger partial charge in [0.2, 0.25) is 0 Å². The fraction of sp³-hybridized carbons (Fsp3) is 0.250. The topological polar surface area (TPSA) is 85.6 Å². The van der Waals surface area contributed by atoms with E-state index in [-0.39, 0.29) is 26.9 Å². The predicted octanol–water partition coefficient (Wildman–Crippen LogP) is 6.05. The number of nitrogens with one attached hydrogen (secondary N) is 1. The summed E-state index contributed by atoms with van der Waals surface area (Å²) >= 11 is 7.61. The van der Waals surface area contributed by atoms with Gasteiger partial charge in [-0.1, -0.05) is 41.9 Å². The van der Waals surface area contributed by atoms with Gasteiger partial charge in [0, 0.05) is 10.4 Å². The number of esters is 1. The van der Waals surface area contributed by atoms with Gasteiger partial charge in [0.15, 0.2) is 17.0 Å². The molecule has 0 saturated carbocycles. The van der Waals surface area contributed by atoms with Crippen LogP contribution in [0, 0.1) is 0 Å². The van der Waals surface area contributed by atoms with Crippen molar-refractivity contribution < 1.29 is 27.5 Å². The van der Waals surface area contributed by atoms with E-state index in [1.165, 1.54) is 18.4 Å². The molecule has 0 radical (unpaired) electrons. The van der Waals surface area contributed by atoms with E-state index in [2.05, 4.69) is 15.4 Å². The van der Waals surface area contributed by atoms with Gasteiger partial charge in [0.25, 0.3) is 5.91 Å². The summed E-state index contributed by atoms with van der Waals surface area (Å²) < 4.78 is 47.2. The second-order valence-electron chi connectivity index (χ2n) is 8.15. The number of hydrogen-bond acceptors (Lipinski definition) is 6. The van der Waals surface area contributed by atoms with Crippen molar-refractivity contribution >= 4 is 45.5 Å². The molecule has 1 aliphatic rings. The highest BCUT2D eigenvalue weighted by Gasteiger charge is 2.37. The highest BCUT2D eigenvalue weighted by molar-refractivity contribution is 7.17. The van der Waals surface area contributed by atoms with Crippen molar-refractivity contribution in [1.29, 1.82) is 0 Å². The first kappa shape index (κ1) is 24.3. The molecule has 36 heavy (non-hydrogen) atoms. The van der Waals surface area contributed by atoms with Crippen molar-refractivity contribution in [2.24, 2.45) is 0 Å². The van der Waals surface area contributed by atoms with E-state index in [1.54, 1.807) is 30.3 Å². The molecule has 5 rings (SSSR count). The standard InChI is InChI=1S/C24H18ClF3N4O3S/c1-35-23(34)17-13-9-5-6-10-15(13)36-22(17)30-21(33)19-18(25)20-29-14(12-7-3-2-4-8-12)11-16(24(26,27)28)32(20)31-19/h2-4,7-8,11H,5-6,9-10H2,1H3,(H,30,33). The Morgan fingerprint density at radius 1 is 1.17 bits per heavy atom. The second-order valence-corrected chi connectivity index (χ2v) is 9.63. The van der Waals surface area contributed by atoms with Gasteiger partial charge in [0.05, 0.1) is 18.4 Å². The normalized spacial score (nSPS) is 13.5. The Labute approximate surface area is 211 Å². The van der Waals surface area contributed by atoms with E-state index in [9.17, 15) is 22.8 Å². The van der Waals surface area contributed by atoms with E-state index in [1.807, 2.05) is 0 Å². The van der Waals surface area contributed by atoms with Crippen LogP contribution < -0.4 is 5.32 Å². The number of amides is 1. The minimum atomic E-state index is -4.79. The Morgan fingerprint density at radius 3 is 2.58 bits per heavy atom. The van der Waals surface area contributed by atoms with Crippen LogP contribution in [-0.4, -0.2) is 33.6 Å². The van der Waals surface area contributed by atoms with Crippen molar-refractivity contribution in [3.63, 3.8) is 0 Å². The number of methoxy groups -OCH3 is 1. The molecule has 0 fully saturated rings. The largest absolute Gasteiger partial charge is 0.465 e. The SMILES string of the molecule is COC(=O)c1c(NC(=O)c2nn3c(C(F)(F)F)cc(-c4ccccc4)nc3c2Cl)sc2c1CCCC2. The van der Waals surface area contributed by atoms with Crippen LogP contribution in [0.4, 0.5) is 18.2 Å². The van der Waals surface area contributed by atoms with Crippen molar-refractivity contribution in [3.05, 3.63) is 68.8 Å². The number of aromatic nitrogens is 3. The number of ether oxygens (including phenoxy) is 1. The maximum Gasteiger partial charge on any atom is 0.433 e. The smallest absolute Gasteiger partial charge is 0.433 e. The van der Waals surface area contributed by atoms with Crippen LogP contribution in [0.15, 0.2) is 36.4 Å². The number of fused-ring (bicyclic) bond motifs is 2. The average molecular weight is 535 g/mol. The molecule has 0 atom stereocenters. The molecule has 0 bridgehead atoms. The average Bonchev–Trinajstić information content (AvgIpc) is 3.40. The molecule has 1 aliphatic carbocycles. The number of alkyl halides is 3. The molecule has 3 heterocycles. The number of carbonyl (C=O) groups excluding carboxylic acids is 2. The summed E-state index contributed by atoms with van der Waals surface area (Å²) in [6.07, 6.45) is -1.51. The molecule has 1 amide bonds. The van der Waals surface area contributed by atoms with Gasteiger partial charge in [-0.2, -0.15) is 18.3 Å². The van der Waals surface area contributed by atoms with Crippen LogP contribution in [0.5, 0.6) is 0 Å². The molecular formula is C24H18ClF3N4O3S. The third-order valence-corrected chi connectivity index (χ3v) is 7.45. The Bertz CT molecular complexity index is 1500. The number of aryl methyl sites for hydroxylation is 1. The summed E-state index contributed by atoms with van der Waals surface area (Å²) in [5.41, 5.74) is -0.331. The Kier molecular flexibility index (Phi) is 6.21. The van der Waals surface area contributed by atoms with E-state index in [4.69, 9.17) is 16.3 Å². The summed E-state index contributed by atoms with van der Waals surface area (Å²) in [6, 6.07) is 9.16. The van der Waals surface area contributed by atoms with Crippen LogP contribution >= 0.6 is 22.9 Å². The maximum absolute atomic E-state index is 13.9. The summed E-state index contributed by atoms with van der Waals surface area (Å²) in [5, 5.41) is 6.39. The van der Waals surface area contributed by atoms with Gasteiger partial charge in [0.1, 0.15) is 10.0 Å². The van der Waals surface area contributed by atoms with Crippen molar-refractivity contribution in [3.8, 4) is 11.3 Å². The van der Waals surface area contributed by atoms with Crippen LogP contribution in [0.25, 0.3) is 16.9 Å². The number of nitrogens with zero attached hydrogens (tertiary/aromatic N) is 3.